The standard InChI is InChI=1S/C11H14FN3OS/c1-2-5-16-10-4-3-8(6-9(10)12)7-14-15-11(13)17/h3-4,6-7H,2,5H2,1H3,(H3,13,15,17). The number of hydrogen-bond donors (Lipinski definition) is 2. The van der Waals surface area contributed by atoms with Crippen LogP contribution in [0.4, 0.5) is 4.39 Å². The third kappa shape index (κ3) is 4.78. The average molecular weight is 255 g/mol. The lowest BCUT2D eigenvalue weighted by Gasteiger charge is -2.05. The highest BCUT2D eigenvalue weighted by molar-refractivity contribution is 7.80. The number of halogens is 1. The second kappa shape index (κ2) is 6.80. The lowest BCUT2D eigenvalue weighted by molar-refractivity contribution is 0.301. The van der Waals surface area contributed by atoms with Crippen LogP contribution in [-0.4, -0.2) is 17.9 Å². The Morgan fingerprint density at radius 2 is 2.41 bits per heavy atom. The van der Waals surface area contributed by atoms with Crippen molar-refractivity contribution < 1.29 is 9.13 Å². The molecule has 0 saturated carbocycles. The zero-order valence-electron chi connectivity index (χ0n) is 9.44. The van der Waals surface area contributed by atoms with Crippen LogP contribution in [0.3, 0.4) is 0 Å². The van der Waals surface area contributed by atoms with Crippen LogP contribution in [0.25, 0.3) is 0 Å². The summed E-state index contributed by atoms with van der Waals surface area (Å²) in [6.07, 6.45) is 2.26. The summed E-state index contributed by atoms with van der Waals surface area (Å²) in [4.78, 5) is 0. The molecule has 0 aliphatic heterocycles. The summed E-state index contributed by atoms with van der Waals surface area (Å²) in [5.74, 6) is -0.177. The van der Waals surface area contributed by atoms with Gasteiger partial charge in [0, 0.05) is 0 Å². The van der Waals surface area contributed by atoms with Gasteiger partial charge in [-0.1, -0.05) is 6.92 Å². The monoisotopic (exact) mass is 255 g/mol. The first-order chi connectivity index (χ1) is 8.13. The maximum atomic E-state index is 13.5. The minimum atomic E-state index is -0.419. The summed E-state index contributed by atoms with van der Waals surface area (Å²) in [7, 11) is 0. The van der Waals surface area contributed by atoms with Gasteiger partial charge < -0.3 is 10.5 Å². The molecule has 6 heteroatoms. The first kappa shape index (κ1) is 13.4. The molecule has 3 N–H and O–H groups in total. The second-order valence-electron chi connectivity index (χ2n) is 3.27. The van der Waals surface area contributed by atoms with Crippen molar-refractivity contribution in [1.29, 1.82) is 0 Å². The average Bonchev–Trinajstić information content (AvgIpc) is 2.27. The van der Waals surface area contributed by atoms with Gasteiger partial charge in [-0.15, -0.1) is 0 Å². The quantitative estimate of drug-likeness (QED) is 0.478. The Kier molecular flexibility index (Phi) is 5.35. The van der Waals surface area contributed by atoms with Crippen molar-refractivity contribution in [1.82, 2.24) is 5.43 Å². The van der Waals surface area contributed by atoms with Gasteiger partial charge in [0.2, 0.25) is 0 Å². The molecule has 0 aliphatic carbocycles. The molecular formula is C11H14FN3OS. The van der Waals surface area contributed by atoms with Gasteiger partial charge in [-0.25, -0.2) is 4.39 Å². The van der Waals surface area contributed by atoms with Crippen LogP contribution in [0.1, 0.15) is 18.9 Å². The number of benzene rings is 1. The van der Waals surface area contributed by atoms with E-state index in [4.69, 9.17) is 10.5 Å². The molecule has 0 aromatic heterocycles. The number of nitrogens with zero attached hydrogens (tertiary/aromatic N) is 1. The Labute approximate surface area is 105 Å². The number of thiocarbonyl (C=S) groups is 1. The molecule has 0 radical (unpaired) electrons. The molecule has 17 heavy (non-hydrogen) atoms. The number of rotatable bonds is 5. The van der Waals surface area contributed by atoms with Crippen molar-refractivity contribution in [2.45, 2.75) is 13.3 Å². The van der Waals surface area contributed by atoms with E-state index in [2.05, 4.69) is 22.7 Å². The van der Waals surface area contributed by atoms with Crippen molar-refractivity contribution in [2.24, 2.45) is 10.8 Å². The Morgan fingerprint density at radius 1 is 1.65 bits per heavy atom. The smallest absolute Gasteiger partial charge is 0.184 e. The maximum absolute atomic E-state index is 13.5. The molecule has 1 rings (SSSR count). The van der Waals surface area contributed by atoms with Gasteiger partial charge in [0.25, 0.3) is 0 Å². The summed E-state index contributed by atoms with van der Waals surface area (Å²) in [5, 5.41) is 3.79. The first-order valence-corrected chi connectivity index (χ1v) is 5.55. The molecule has 1 aromatic carbocycles. The van der Waals surface area contributed by atoms with Crippen molar-refractivity contribution in [3.8, 4) is 5.75 Å². The summed E-state index contributed by atoms with van der Waals surface area (Å²) in [6.45, 7) is 2.45. The molecule has 0 fully saturated rings. The van der Waals surface area contributed by atoms with Crippen molar-refractivity contribution in [2.75, 3.05) is 6.61 Å². The van der Waals surface area contributed by atoms with E-state index < -0.39 is 5.82 Å². The fraction of sp³-hybridized carbons (Fsp3) is 0.273. The molecule has 0 unspecified atom stereocenters. The maximum Gasteiger partial charge on any atom is 0.184 e. The minimum Gasteiger partial charge on any atom is -0.491 e. The van der Waals surface area contributed by atoms with Gasteiger partial charge in [-0.05, 0) is 42.4 Å². The van der Waals surface area contributed by atoms with Crippen LogP contribution in [0.15, 0.2) is 23.3 Å². The van der Waals surface area contributed by atoms with E-state index in [-0.39, 0.29) is 10.9 Å². The van der Waals surface area contributed by atoms with Crippen molar-refractivity contribution >= 4 is 23.5 Å². The summed E-state index contributed by atoms with van der Waals surface area (Å²) >= 11 is 4.56. The number of ether oxygens (including phenoxy) is 1. The number of hydrogen-bond acceptors (Lipinski definition) is 3. The Hall–Kier alpha value is -1.69. The third-order valence-corrected chi connectivity index (χ3v) is 1.90. The van der Waals surface area contributed by atoms with Crippen LogP contribution >= 0.6 is 12.2 Å². The summed E-state index contributed by atoms with van der Waals surface area (Å²) in [6, 6.07) is 4.58. The second-order valence-corrected chi connectivity index (χ2v) is 3.71. The lowest BCUT2D eigenvalue weighted by Crippen LogP contribution is -2.23. The highest BCUT2D eigenvalue weighted by Crippen LogP contribution is 2.17. The molecule has 0 heterocycles. The van der Waals surface area contributed by atoms with Crippen LogP contribution < -0.4 is 15.9 Å². The molecule has 0 aliphatic rings. The molecule has 92 valence electrons. The van der Waals surface area contributed by atoms with Crippen LogP contribution in [0, 0.1) is 5.82 Å². The van der Waals surface area contributed by atoms with Gasteiger partial charge in [0.15, 0.2) is 16.7 Å². The van der Waals surface area contributed by atoms with E-state index in [9.17, 15) is 4.39 Å². The third-order valence-electron chi connectivity index (χ3n) is 1.81. The van der Waals surface area contributed by atoms with E-state index in [1.165, 1.54) is 12.3 Å². The van der Waals surface area contributed by atoms with Crippen molar-refractivity contribution in [3.63, 3.8) is 0 Å². The molecule has 0 bridgehead atoms. The SMILES string of the molecule is CCCOc1ccc(C=NNC(N)=S)cc1F. The lowest BCUT2D eigenvalue weighted by atomic mass is 10.2. The molecule has 1 aromatic rings. The minimum absolute atomic E-state index is 0.0598. The molecule has 0 saturated heterocycles. The Balaban J connectivity index is 2.68. The Bertz CT molecular complexity index is 423. The number of hydrazone groups is 1. The fourth-order valence-electron chi connectivity index (χ4n) is 1.10. The van der Waals surface area contributed by atoms with E-state index >= 15 is 0 Å². The van der Waals surface area contributed by atoms with E-state index in [1.807, 2.05) is 6.92 Å². The Morgan fingerprint density at radius 3 is 3.00 bits per heavy atom. The van der Waals surface area contributed by atoms with Crippen LogP contribution in [0.5, 0.6) is 5.75 Å². The summed E-state index contributed by atoms with van der Waals surface area (Å²) in [5.41, 5.74) is 8.16. The molecule has 0 amide bonds. The zero-order valence-corrected chi connectivity index (χ0v) is 10.3. The van der Waals surface area contributed by atoms with E-state index in [0.29, 0.717) is 12.2 Å². The van der Waals surface area contributed by atoms with Crippen LogP contribution in [0.2, 0.25) is 0 Å². The number of nitrogens with one attached hydrogen (secondary N) is 1. The topological polar surface area (TPSA) is 59.6 Å². The van der Waals surface area contributed by atoms with Gasteiger partial charge in [0.05, 0.1) is 12.8 Å². The largest absolute Gasteiger partial charge is 0.491 e. The van der Waals surface area contributed by atoms with E-state index in [1.54, 1.807) is 12.1 Å². The fourth-order valence-corrected chi connectivity index (χ4v) is 1.15. The predicted octanol–water partition coefficient (Wildman–Crippen LogP) is 1.78. The van der Waals surface area contributed by atoms with Gasteiger partial charge in [-0.3, -0.25) is 5.43 Å². The predicted molar refractivity (Wildman–Crippen MR) is 69.7 cm³/mol. The highest BCUT2D eigenvalue weighted by atomic mass is 32.1. The van der Waals surface area contributed by atoms with Gasteiger partial charge in [-0.2, -0.15) is 5.10 Å². The van der Waals surface area contributed by atoms with Crippen LogP contribution in [-0.2, 0) is 0 Å². The molecule has 0 atom stereocenters. The van der Waals surface area contributed by atoms with Gasteiger partial charge >= 0.3 is 0 Å². The molecular weight excluding hydrogens is 241 g/mol. The zero-order chi connectivity index (χ0) is 12.7. The van der Waals surface area contributed by atoms with Crippen molar-refractivity contribution in [3.05, 3.63) is 29.6 Å². The number of nitrogens with two attached hydrogens (primary N) is 1. The summed E-state index contributed by atoms with van der Waals surface area (Å²) < 4.78 is 18.7. The molecule has 4 nitrogen and oxygen atoms in total. The highest BCUT2D eigenvalue weighted by Gasteiger charge is 2.03. The van der Waals surface area contributed by atoms with Gasteiger partial charge in [0.1, 0.15) is 0 Å². The normalized spacial score (nSPS) is 10.5. The first-order valence-electron chi connectivity index (χ1n) is 5.14. The molecule has 0 spiro atoms. The van der Waals surface area contributed by atoms with E-state index in [0.717, 1.165) is 6.42 Å².